The molecule has 166 valence electrons. The van der Waals surface area contributed by atoms with Gasteiger partial charge in [0, 0.05) is 0 Å². The fourth-order valence-electron chi connectivity index (χ4n) is 3.03. The van der Waals surface area contributed by atoms with Crippen LogP contribution in [-0.4, -0.2) is 41.9 Å². The second-order valence-electron chi connectivity index (χ2n) is 7.37. The first-order valence-corrected chi connectivity index (χ1v) is 12.1. The summed E-state index contributed by atoms with van der Waals surface area (Å²) in [5.74, 6) is -2.70. The monoisotopic (exact) mass is 422 g/mol. The summed E-state index contributed by atoms with van der Waals surface area (Å²) < 4.78 is 35.8. The summed E-state index contributed by atoms with van der Waals surface area (Å²) in [7, 11) is -4.79. The lowest BCUT2D eigenvalue weighted by molar-refractivity contribution is -0.147. The van der Waals surface area contributed by atoms with Crippen LogP contribution in [0.1, 0.15) is 103 Å². The summed E-state index contributed by atoms with van der Waals surface area (Å²) in [6, 6.07) is 0. The molecule has 0 saturated carbocycles. The first-order chi connectivity index (χ1) is 13.3. The minimum Gasteiger partial charge on any atom is -0.481 e. The van der Waals surface area contributed by atoms with E-state index in [4.69, 9.17) is 14.4 Å². The minimum absolute atomic E-state index is 0.0303. The summed E-state index contributed by atoms with van der Waals surface area (Å²) in [6.07, 6.45) is 15.7. The molecule has 0 aliphatic heterocycles. The van der Waals surface area contributed by atoms with Crippen LogP contribution >= 0.6 is 0 Å². The number of carboxylic acid groups (broad SMARTS) is 1. The molecule has 8 heteroatoms. The fourth-order valence-corrected chi connectivity index (χ4v) is 3.70. The van der Waals surface area contributed by atoms with Crippen molar-refractivity contribution in [3.63, 3.8) is 0 Å². The average molecular weight is 423 g/mol. The first kappa shape index (κ1) is 26.9. The second-order valence-corrected chi connectivity index (χ2v) is 8.96. The lowest BCUT2D eigenvalue weighted by Gasteiger charge is -2.11. The fraction of sp³-hybridized carbons (Fsp3) is 0.900. The summed E-state index contributed by atoms with van der Waals surface area (Å²) >= 11 is 0. The van der Waals surface area contributed by atoms with Crippen molar-refractivity contribution < 1.29 is 32.4 Å². The zero-order chi connectivity index (χ0) is 21.3. The Balaban J connectivity index is 3.56. The van der Waals surface area contributed by atoms with Gasteiger partial charge < -0.3 is 9.84 Å². The molecule has 0 rings (SSSR count). The molecule has 0 aliphatic rings. The molecule has 0 bridgehead atoms. The number of esters is 1. The Labute approximate surface area is 170 Å². The predicted octanol–water partition coefficient (Wildman–Crippen LogP) is 4.74. The number of carboxylic acids is 1. The summed E-state index contributed by atoms with van der Waals surface area (Å²) in [6.45, 7) is 2.26. The van der Waals surface area contributed by atoms with Crippen LogP contribution in [0.2, 0.25) is 0 Å². The highest BCUT2D eigenvalue weighted by molar-refractivity contribution is 7.87. The van der Waals surface area contributed by atoms with E-state index < -0.39 is 33.7 Å². The van der Waals surface area contributed by atoms with Crippen molar-refractivity contribution in [2.45, 2.75) is 108 Å². The highest BCUT2D eigenvalue weighted by Crippen LogP contribution is 2.13. The van der Waals surface area contributed by atoms with Gasteiger partial charge in [-0.05, 0) is 6.42 Å². The Bertz CT molecular complexity index is 517. The first-order valence-electron chi connectivity index (χ1n) is 10.6. The van der Waals surface area contributed by atoms with Crippen molar-refractivity contribution in [1.29, 1.82) is 0 Å². The van der Waals surface area contributed by atoms with E-state index in [0.717, 1.165) is 19.3 Å². The van der Waals surface area contributed by atoms with Gasteiger partial charge in [-0.1, -0.05) is 90.4 Å². The Morgan fingerprint density at radius 3 is 1.54 bits per heavy atom. The van der Waals surface area contributed by atoms with Crippen molar-refractivity contribution in [3.05, 3.63) is 0 Å². The normalized spacial score (nSPS) is 12.6. The van der Waals surface area contributed by atoms with E-state index in [1.807, 2.05) is 0 Å². The third kappa shape index (κ3) is 15.9. The number of hydrogen-bond acceptors (Lipinski definition) is 5. The number of hydrogen-bond donors (Lipinski definition) is 2. The average Bonchev–Trinajstić information content (AvgIpc) is 2.61. The molecule has 0 amide bonds. The van der Waals surface area contributed by atoms with Crippen molar-refractivity contribution in [2.24, 2.45) is 0 Å². The number of carbonyl (C=O) groups excluding carboxylic acids is 1. The number of aliphatic carboxylic acids is 1. The van der Waals surface area contributed by atoms with E-state index in [-0.39, 0.29) is 6.61 Å². The largest absolute Gasteiger partial charge is 0.481 e. The van der Waals surface area contributed by atoms with Crippen LogP contribution in [0.15, 0.2) is 0 Å². The van der Waals surface area contributed by atoms with E-state index in [9.17, 15) is 18.0 Å². The molecular formula is C20H38O7S. The number of ether oxygens (including phenoxy) is 1. The zero-order valence-corrected chi connectivity index (χ0v) is 18.1. The van der Waals surface area contributed by atoms with E-state index in [0.29, 0.717) is 6.42 Å². The maximum Gasteiger partial charge on any atom is 0.327 e. The van der Waals surface area contributed by atoms with Crippen molar-refractivity contribution in [1.82, 2.24) is 0 Å². The zero-order valence-electron chi connectivity index (χ0n) is 17.2. The van der Waals surface area contributed by atoms with Gasteiger partial charge >= 0.3 is 11.9 Å². The number of rotatable bonds is 19. The predicted molar refractivity (Wildman–Crippen MR) is 109 cm³/mol. The van der Waals surface area contributed by atoms with Crippen LogP contribution < -0.4 is 0 Å². The molecule has 0 fully saturated rings. The van der Waals surface area contributed by atoms with E-state index >= 15 is 0 Å². The third-order valence-electron chi connectivity index (χ3n) is 4.72. The topological polar surface area (TPSA) is 118 Å². The maximum absolute atomic E-state index is 11.6. The summed E-state index contributed by atoms with van der Waals surface area (Å²) in [5.41, 5.74) is 0. The van der Waals surface area contributed by atoms with Crippen molar-refractivity contribution in [3.8, 4) is 0 Å². The lowest BCUT2D eigenvalue weighted by atomic mass is 10.0. The molecule has 28 heavy (non-hydrogen) atoms. The molecule has 0 unspecified atom stereocenters. The minimum atomic E-state index is -4.79. The van der Waals surface area contributed by atoms with Gasteiger partial charge in [-0.25, -0.2) is 0 Å². The molecular weight excluding hydrogens is 384 g/mol. The third-order valence-corrected chi connectivity index (χ3v) is 5.80. The summed E-state index contributed by atoms with van der Waals surface area (Å²) in [4.78, 5) is 22.2. The van der Waals surface area contributed by atoms with Gasteiger partial charge in [0.15, 0.2) is 5.25 Å². The van der Waals surface area contributed by atoms with Crippen LogP contribution in [0.3, 0.4) is 0 Å². The molecule has 0 aromatic heterocycles. The standard InChI is InChI=1S/C20H38O7S/c1-2-3-4-5-6-7-8-9-10-11-12-13-14-15-16-27-20(23)18(17-19(21)22)28(24,25)26/h18H,2-17H2,1H3,(H,21,22)(H,24,25,26)/t18-/m1/s1. The molecule has 0 spiro atoms. The smallest absolute Gasteiger partial charge is 0.327 e. The lowest BCUT2D eigenvalue weighted by Crippen LogP contribution is -2.34. The van der Waals surface area contributed by atoms with Gasteiger partial charge in [0.2, 0.25) is 0 Å². The highest BCUT2D eigenvalue weighted by Gasteiger charge is 2.34. The van der Waals surface area contributed by atoms with E-state index in [1.54, 1.807) is 0 Å². The van der Waals surface area contributed by atoms with Gasteiger partial charge in [-0.3, -0.25) is 14.1 Å². The quantitative estimate of drug-likeness (QED) is 0.175. The number of carbonyl (C=O) groups is 2. The number of unbranched alkanes of at least 4 members (excludes halogenated alkanes) is 13. The van der Waals surface area contributed by atoms with Crippen LogP contribution in [0.5, 0.6) is 0 Å². The van der Waals surface area contributed by atoms with Crippen LogP contribution in [0.25, 0.3) is 0 Å². The highest BCUT2D eigenvalue weighted by atomic mass is 32.2. The SMILES string of the molecule is CCCCCCCCCCCCCCCCOC(=O)[C@@H](CC(=O)O)S(=O)(=O)O. The summed E-state index contributed by atoms with van der Waals surface area (Å²) in [5, 5.41) is 6.56. The molecule has 0 saturated heterocycles. The molecule has 0 aromatic carbocycles. The molecule has 0 heterocycles. The Kier molecular flexibility index (Phi) is 16.1. The van der Waals surface area contributed by atoms with Crippen molar-refractivity contribution in [2.75, 3.05) is 6.61 Å². The van der Waals surface area contributed by atoms with E-state index in [1.165, 1.54) is 64.2 Å². The van der Waals surface area contributed by atoms with Crippen LogP contribution in [0.4, 0.5) is 0 Å². The van der Waals surface area contributed by atoms with Crippen LogP contribution in [-0.2, 0) is 24.4 Å². The van der Waals surface area contributed by atoms with Gasteiger partial charge in [-0.15, -0.1) is 0 Å². The van der Waals surface area contributed by atoms with Gasteiger partial charge in [-0.2, -0.15) is 8.42 Å². The maximum atomic E-state index is 11.6. The molecule has 1 atom stereocenters. The Morgan fingerprint density at radius 2 is 1.18 bits per heavy atom. The van der Waals surface area contributed by atoms with E-state index in [2.05, 4.69) is 6.92 Å². The molecule has 0 aliphatic carbocycles. The van der Waals surface area contributed by atoms with Crippen LogP contribution in [0, 0.1) is 0 Å². The Hall–Kier alpha value is -1.15. The Morgan fingerprint density at radius 1 is 0.786 bits per heavy atom. The van der Waals surface area contributed by atoms with Gasteiger partial charge in [0.05, 0.1) is 13.0 Å². The molecule has 7 nitrogen and oxygen atoms in total. The van der Waals surface area contributed by atoms with Gasteiger partial charge in [0.25, 0.3) is 10.1 Å². The molecule has 0 aromatic rings. The van der Waals surface area contributed by atoms with Crippen molar-refractivity contribution >= 4 is 22.1 Å². The molecule has 2 N–H and O–H groups in total. The molecule has 0 radical (unpaired) electrons. The second kappa shape index (κ2) is 16.8. The van der Waals surface area contributed by atoms with Gasteiger partial charge in [0.1, 0.15) is 0 Å².